The number of urea groups is 1. The lowest BCUT2D eigenvalue weighted by atomic mass is 10.0. The molecular weight excluding hydrogens is 372 g/mol. The summed E-state index contributed by atoms with van der Waals surface area (Å²) >= 11 is 7.46. The van der Waals surface area contributed by atoms with E-state index in [1.165, 1.54) is 11.3 Å². The number of carbonyl (C=O) groups excluding carboxylic acids is 1. The van der Waals surface area contributed by atoms with E-state index in [0.717, 1.165) is 39.1 Å². The first-order valence-corrected chi connectivity index (χ1v) is 10.0. The van der Waals surface area contributed by atoms with Crippen LogP contribution in [0, 0.1) is 5.92 Å². The normalized spacial score (nSPS) is 18.1. The molecule has 0 spiro atoms. The molecule has 1 saturated carbocycles. The van der Waals surface area contributed by atoms with Crippen molar-refractivity contribution in [2.75, 3.05) is 13.2 Å². The lowest BCUT2D eigenvalue weighted by Gasteiger charge is -2.24. The maximum Gasteiger partial charge on any atom is 0.315 e. The second kappa shape index (κ2) is 7.37. The molecule has 2 heterocycles. The summed E-state index contributed by atoms with van der Waals surface area (Å²) in [7, 11) is 0. The molecule has 1 aromatic heterocycles. The zero-order valence-corrected chi connectivity index (χ0v) is 16.0. The van der Waals surface area contributed by atoms with E-state index in [1.807, 2.05) is 37.3 Å². The summed E-state index contributed by atoms with van der Waals surface area (Å²) in [6.07, 6.45) is 2.24. The third kappa shape index (κ3) is 3.91. The van der Waals surface area contributed by atoms with E-state index in [-0.39, 0.29) is 18.1 Å². The first-order valence-electron chi connectivity index (χ1n) is 8.82. The van der Waals surface area contributed by atoms with Gasteiger partial charge in [-0.2, -0.15) is 0 Å². The van der Waals surface area contributed by atoms with Crippen molar-refractivity contribution in [1.82, 2.24) is 10.6 Å². The van der Waals surface area contributed by atoms with Gasteiger partial charge in [-0.1, -0.05) is 17.7 Å². The van der Waals surface area contributed by atoms with Gasteiger partial charge in [0.25, 0.3) is 0 Å². The Morgan fingerprint density at radius 2 is 1.92 bits per heavy atom. The predicted molar refractivity (Wildman–Crippen MR) is 102 cm³/mol. The molecule has 138 valence electrons. The molecular formula is C19H21ClN2O3S. The fourth-order valence-corrected chi connectivity index (χ4v) is 4.23. The Morgan fingerprint density at radius 3 is 2.62 bits per heavy atom. The van der Waals surface area contributed by atoms with Gasteiger partial charge in [-0.05, 0) is 55.5 Å². The van der Waals surface area contributed by atoms with Crippen LogP contribution in [0.5, 0.6) is 11.5 Å². The minimum Gasteiger partial charge on any atom is -0.486 e. The third-order valence-electron chi connectivity index (χ3n) is 4.67. The summed E-state index contributed by atoms with van der Waals surface area (Å²) in [6.45, 7) is 3.08. The molecule has 1 aromatic carbocycles. The molecule has 4 rings (SSSR count). The van der Waals surface area contributed by atoms with Crippen LogP contribution >= 0.6 is 22.9 Å². The molecule has 2 unspecified atom stereocenters. The molecule has 0 bridgehead atoms. The highest BCUT2D eigenvalue weighted by Gasteiger charge is 2.34. The Morgan fingerprint density at radius 1 is 1.15 bits per heavy atom. The van der Waals surface area contributed by atoms with Crippen molar-refractivity contribution in [2.45, 2.75) is 31.8 Å². The van der Waals surface area contributed by atoms with Crippen LogP contribution in [0.3, 0.4) is 0 Å². The van der Waals surface area contributed by atoms with E-state index in [0.29, 0.717) is 19.1 Å². The minimum absolute atomic E-state index is 0.0232. The van der Waals surface area contributed by atoms with Gasteiger partial charge in [0.1, 0.15) is 13.2 Å². The van der Waals surface area contributed by atoms with E-state index >= 15 is 0 Å². The lowest BCUT2D eigenvalue weighted by molar-refractivity contribution is 0.171. The summed E-state index contributed by atoms with van der Waals surface area (Å²) in [5, 5.41) is 6.14. The predicted octanol–water partition coefficient (Wildman–Crippen LogP) is 4.68. The van der Waals surface area contributed by atoms with Crippen LogP contribution in [0.15, 0.2) is 30.3 Å². The number of benzene rings is 1. The highest BCUT2D eigenvalue weighted by Crippen LogP contribution is 2.43. The summed E-state index contributed by atoms with van der Waals surface area (Å²) in [6, 6.07) is 9.43. The van der Waals surface area contributed by atoms with Gasteiger partial charge >= 0.3 is 6.03 Å². The standard InChI is InChI=1S/C19H21ClN2O3S/c1-11(16-6-7-17(20)26-16)21-19(23)22-18(12-2-3-12)13-4-5-14-15(10-13)25-9-8-24-14/h4-7,10-12,18H,2-3,8-9H2,1H3,(H2,21,22,23). The van der Waals surface area contributed by atoms with Gasteiger partial charge in [0.2, 0.25) is 0 Å². The Hall–Kier alpha value is -1.92. The SMILES string of the molecule is CC(NC(=O)NC(c1ccc2c(c1)OCCO2)C1CC1)c1ccc(Cl)s1. The fraction of sp³-hybridized carbons (Fsp3) is 0.421. The van der Waals surface area contributed by atoms with Crippen molar-refractivity contribution in [2.24, 2.45) is 5.92 Å². The van der Waals surface area contributed by atoms with Crippen molar-refractivity contribution in [3.05, 3.63) is 45.1 Å². The van der Waals surface area contributed by atoms with Gasteiger partial charge in [-0.15, -0.1) is 11.3 Å². The van der Waals surface area contributed by atoms with Crippen LogP contribution in [-0.2, 0) is 0 Å². The molecule has 1 aliphatic heterocycles. The summed E-state index contributed by atoms with van der Waals surface area (Å²) in [4.78, 5) is 13.6. The molecule has 7 heteroatoms. The minimum atomic E-state index is -0.172. The van der Waals surface area contributed by atoms with Crippen molar-refractivity contribution in [1.29, 1.82) is 0 Å². The number of rotatable bonds is 5. The van der Waals surface area contributed by atoms with Crippen LogP contribution in [-0.4, -0.2) is 19.2 Å². The van der Waals surface area contributed by atoms with Gasteiger partial charge in [-0.3, -0.25) is 0 Å². The van der Waals surface area contributed by atoms with Crippen molar-refractivity contribution < 1.29 is 14.3 Å². The Labute approximate surface area is 161 Å². The third-order valence-corrected chi connectivity index (χ3v) is 6.09. The Balaban J connectivity index is 1.44. The van der Waals surface area contributed by atoms with Gasteiger partial charge in [0, 0.05) is 4.88 Å². The number of fused-ring (bicyclic) bond motifs is 1. The molecule has 26 heavy (non-hydrogen) atoms. The van der Waals surface area contributed by atoms with Gasteiger partial charge < -0.3 is 20.1 Å². The number of halogens is 1. The van der Waals surface area contributed by atoms with E-state index < -0.39 is 0 Å². The monoisotopic (exact) mass is 392 g/mol. The van der Waals surface area contributed by atoms with Gasteiger partial charge in [-0.25, -0.2) is 4.79 Å². The first kappa shape index (κ1) is 17.5. The summed E-state index contributed by atoms with van der Waals surface area (Å²) < 4.78 is 12.0. The van der Waals surface area contributed by atoms with E-state index in [4.69, 9.17) is 21.1 Å². The largest absolute Gasteiger partial charge is 0.486 e. The zero-order valence-electron chi connectivity index (χ0n) is 14.5. The topological polar surface area (TPSA) is 59.6 Å². The van der Waals surface area contributed by atoms with Crippen LogP contribution in [0.2, 0.25) is 4.34 Å². The number of hydrogen-bond donors (Lipinski definition) is 2. The Bertz CT molecular complexity index is 806. The zero-order chi connectivity index (χ0) is 18.1. The molecule has 0 radical (unpaired) electrons. The summed E-state index contributed by atoms with van der Waals surface area (Å²) in [5.41, 5.74) is 1.05. The molecule has 2 aromatic rings. The number of hydrogen-bond acceptors (Lipinski definition) is 4. The van der Waals surface area contributed by atoms with Gasteiger partial charge in [0.05, 0.1) is 16.4 Å². The van der Waals surface area contributed by atoms with E-state index in [9.17, 15) is 4.79 Å². The number of amides is 2. The molecule has 0 saturated heterocycles. The maximum atomic E-state index is 12.5. The summed E-state index contributed by atoms with van der Waals surface area (Å²) in [5.74, 6) is 1.99. The highest BCUT2D eigenvalue weighted by molar-refractivity contribution is 7.16. The average molecular weight is 393 g/mol. The second-order valence-corrected chi connectivity index (χ2v) is 8.45. The Kier molecular flexibility index (Phi) is 4.96. The second-order valence-electron chi connectivity index (χ2n) is 6.70. The molecule has 1 aliphatic carbocycles. The van der Waals surface area contributed by atoms with Gasteiger partial charge in [0.15, 0.2) is 11.5 Å². The number of thiophene rings is 1. The molecule has 5 nitrogen and oxygen atoms in total. The quantitative estimate of drug-likeness (QED) is 0.776. The molecule has 2 atom stereocenters. The molecule has 2 aliphatic rings. The first-order chi connectivity index (χ1) is 12.6. The lowest BCUT2D eigenvalue weighted by Crippen LogP contribution is -2.39. The van der Waals surface area contributed by atoms with Crippen molar-refractivity contribution in [3.8, 4) is 11.5 Å². The van der Waals surface area contributed by atoms with Crippen molar-refractivity contribution in [3.63, 3.8) is 0 Å². The smallest absolute Gasteiger partial charge is 0.315 e. The number of ether oxygens (including phenoxy) is 2. The van der Waals surface area contributed by atoms with Crippen LogP contribution in [0.25, 0.3) is 0 Å². The number of nitrogens with one attached hydrogen (secondary N) is 2. The highest BCUT2D eigenvalue weighted by atomic mass is 35.5. The fourth-order valence-electron chi connectivity index (χ4n) is 3.17. The average Bonchev–Trinajstić information content (AvgIpc) is 3.39. The van der Waals surface area contributed by atoms with E-state index in [1.54, 1.807) is 0 Å². The molecule has 1 fully saturated rings. The maximum absolute atomic E-state index is 12.5. The van der Waals surface area contributed by atoms with Crippen LogP contribution in [0.4, 0.5) is 4.79 Å². The molecule has 2 amide bonds. The molecule has 2 N–H and O–H groups in total. The van der Waals surface area contributed by atoms with Crippen LogP contribution in [0.1, 0.15) is 42.3 Å². The van der Waals surface area contributed by atoms with Crippen molar-refractivity contribution >= 4 is 29.0 Å². The number of carbonyl (C=O) groups is 1. The van der Waals surface area contributed by atoms with E-state index in [2.05, 4.69) is 10.6 Å². The van der Waals surface area contributed by atoms with Crippen LogP contribution < -0.4 is 20.1 Å².